The predicted octanol–water partition coefficient (Wildman–Crippen LogP) is 3.61. The van der Waals surface area contributed by atoms with E-state index in [0.717, 1.165) is 0 Å². The van der Waals surface area contributed by atoms with Crippen molar-refractivity contribution in [3.63, 3.8) is 0 Å². The molecule has 0 radical (unpaired) electrons. The van der Waals surface area contributed by atoms with Crippen LogP contribution in [0, 0.1) is 0 Å². The monoisotopic (exact) mass is 464 g/mol. The summed E-state index contributed by atoms with van der Waals surface area (Å²) in [7, 11) is 0. The molecule has 0 atom stereocenters. The Hall–Kier alpha value is -2.81. The molecule has 2 heterocycles. The maximum Gasteiger partial charge on any atom is 0.513 e. The molecule has 3 rings (SSSR count). The number of amides is 2. The largest absolute Gasteiger partial charge is 0.513 e. The van der Waals surface area contributed by atoms with Crippen LogP contribution in [-0.2, 0) is 4.74 Å². The van der Waals surface area contributed by atoms with E-state index in [1.807, 2.05) is 0 Å². The van der Waals surface area contributed by atoms with E-state index in [4.69, 9.17) is 13.9 Å². The summed E-state index contributed by atoms with van der Waals surface area (Å²) in [5.74, 6) is 0.191. The molecule has 2 amide bonds. The summed E-state index contributed by atoms with van der Waals surface area (Å²) in [6, 6.07) is 9.58. The lowest BCUT2D eigenvalue weighted by molar-refractivity contribution is 0.0695. The van der Waals surface area contributed by atoms with Crippen LogP contribution >= 0.6 is 15.9 Å². The number of nitrogens with one attached hydrogen (secondary N) is 1. The van der Waals surface area contributed by atoms with E-state index in [1.54, 1.807) is 48.2 Å². The van der Waals surface area contributed by atoms with Crippen molar-refractivity contribution >= 4 is 33.9 Å². The topological polar surface area (TPSA) is 98.1 Å². The number of carbonyl (C=O) groups excluding carboxylic acids is 3. The molecule has 154 valence electrons. The van der Waals surface area contributed by atoms with Crippen molar-refractivity contribution < 1.29 is 28.3 Å². The van der Waals surface area contributed by atoms with Gasteiger partial charge in [0, 0.05) is 24.7 Å². The van der Waals surface area contributed by atoms with Gasteiger partial charge >= 0.3 is 6.16 Å². The van der Waals surface area contributed by atoms with Crippen LogP contribution in [0.5, 0.6) is 5.75 Å². The Morgan fingerprint density at radius 3 is 2.41 bits per heavy atom. The molecule has 1 aliphatic heterocycles. The van der Waals surface area contributed by atoms with E-state index in [0.29, 0.717) is 41.9 Å². The number of likely N-dealkylation sites (tertiary alicyclic amines) is 1. The molecule has 1 aromatic carbocycles. The zero-order valence-corrected chi connectivity index (χ0v) is 17.4. The normalized spacial score (nSPS) is 14.3. The average Bonchev–Trinajstić information content (AvgIpc) is 3.15. The standard InChI is InChI=1S/C20H21BrN2O6/c1-2-27-20(26)28-15-5-3-13(4-6-15)19(25)23-11-9-14(10-12-23)22-18(24)16-7-8-17(21)29-16/h3-8,14H,2,9-12H2,1H3,(H,22,24). The molecule has 0 spiro atoms. The van der Waals surface area contributed by atoms with Crippen LogP contribution < -0.4 is 10.1 Å². The van der Waals surface area contributed by atoms with E-state index in [2.05, 4.69) is 21.2 Å². The average molecular weight is 465 g/mol. The van der Waals surface area contributed by atoms with Crippen molar-refractivity contribution in [3.8, 4) is 5.75 Å². The van der Waals surface area contributed by atoms with Gasteiger partial charge in [-0.05, 0) is 72.1 Å². The van der Waals surface area contributed by atoms with Crippen LogP contribution in [0.3, 0.4) is 0 Å². The number of benzene rings is 1. The summed E-state index contributed by atoms with van der Waals surface area (Å²) < 4.78 is 15.5. The highest BCUT2D eigenvalue weighted by atomic mass is 79.9. The van der Waals surface area contributed by atoms with E-state index in [1.165, 1.54) is 0 Å². The summed E-state index contributed by atoms with van der Waals surface area (Å²) in [6.07, 6.45) is 0.532. The zero-order chi connectivity index (χ0) is 20.8. The fraction of sp³-hybridized carbons (Fsp3) is 0.350. The van der Waals surface area contributed by atoms with Gasteiger partial charge in [-0.25, -0.2) is 4.79 Å². The molecule has 8 nitrogen and oxygen atoms in total. The first-order valence-corrected chi connectivity index (χ1v) is 10.1. The lowest BCUT2D eigenvalue weighted by atomic mass is 10.0. The first-order chi connectivity index (χ1) is 14.0. The number of piperidine rings is 1. The number of halogens is 1. The number of ether oxygens (including phenoxy) is 2. The second-order valence-corrected chi connectivity index (χ2v) is 7.23. The highest BCUT2D eigenvalue weighted by Gasteiger charge is 2.25. The maximum absolute atomic E-state index is 12.7. The lowest BCUT2D eigenvalue weighted by Gasteiger charge is -2.32. The second kappa shape index (κ2) is 9.60. The third kappa shape index (κ3) is 5.60. The summed E-state index contributed by atoms with van der Waals surface area (Å²) in [5, 5.41) is 2.93. The van der Waals surface area contributed by atoms with Crippen LogP contribution in [0.1, 0.15) is 40.7 Å². The molecule has 0 aliphatic carbocycles. The fourth-order valence-corrected chi connectivity index (χ4v) is 3.32. The molecule has 1 fully saturated rings. The molecule has 0 unspecified atom stereocenters. The number of hydrogen-bond acceptors (Lipinski definition) is 6. The molecule has 2 aromatic rings. The fourth-order valence-electron chi connectivity index (χ4n) is 3.01. The lowest BCUT2D eigenvalue weighted by Crippen LogP contribution is -2.46. The SMILES string of the molecule is CCOC(=O)Oc1ccc(C(=O)N2CCC(NC(=O)c3ccc(Br)o3)CC2)cc1. The van der Waals surface area contributed by atoms with Crippen LogP contribution in [0.25, 0.3) is 0 Å². The number of furan rings is 1. The highest BCUT2D eigenvalue weighted by Crippen LogP contribution is 2.19. The third-order valence-corrected chi connectivity index (χ3v) is 4.91. The second-order valence-electron chi connectivity index (χ2n) is 6.45. The molecule has 1 N–H and O–H groups in total. The Morgan fingerprint density at radius 2 is 1.83 bits per heavy atom. The molecule has 29 heavy (non-hydrogen) atoms. The van der Waals surface area contributed by atoms with Crippen molar-refractivity contribution in [3.05, 3.63) is 52.4 Å². The van der Waals surface area contributed by atoms with Gasteiger partial charge in [-0.15, -0.1) is 0 Å². The summed E-state index contributed by atoms with van der Waals surface area (Å²) in [4.78, 5) is 37.9. The Bertz CT molecular complexity index is 871. The van der Waals surface area contributed by atoms with Crippen molar-refractivity contribution in [1.82, 2.24) is 10.2 Å². The van der Waals surface area contributed by atoms with Crippen LogP contribution in [0.15, 0.2) is 45.5 Å². The van der Waals surface area contributed by atoms with E-state index < -0.39 is 6.16 Å². The van der Waals surface area contributed by atoms with Gasteiger partial charge in [-0.3, -0.25) is 9.59 Å². The van der Waals surface area contributed by atoms with Gasteiger partial charge in [-0.1, -0.05) is 0 Å². The van der Waals surface area contributed by atoms with Crippen molar-refractivity contribution in [2.24, 2.45) is 0 Å². The Balaban J connectivity index is 1.49. The highest BCUT2D eigenvalue weighted by molar-refractivity contribution is 9.10. The van der Waals surface area contributed by atoms with Crippen LogP contribution in [0.2, 0.25) is 0 Å². The zero-order valence-electron chi connectivity index (χ0n) is 15.9. The summed E-state index contributed by atoms with van der Waals surface area (Å²) >= 11 is 3.17. The van der Waals surface area contributed by atoms with Crippen LogP contribution in [-0.4, -0.2) is 48.6 Å². The minimum absolute atomic E-state index is 0.0178. The Morgan fingerprint density at radius 1 is 1.14 bits per heavy atom. The smallest absolute Gasteiger partial charge is 0.444 e. The van der Waals surface area contributed by atoms with Gasteiger partial charge in [0.25, 0.3) is 11.8 Å². The van der Waals surface area contributed by atoms with Gasteiger partial charge in [-0.2, -0.15) is 0 Å². The van der Waals surface area contributed by atoms with Crippen molar-refractivity contribution in [2.75, 3.05) is 19.7 Å². The minimum Gasteiger partial charge on any atom is -0.444 e. The number of carbonyl (C=O) groups is 3. The molecule has 1 aliphatic rings. The Kier molecular flexibility index (Phi) is 6.92. The molecule has 1 aromatic heterocycles. The van der Waals surface area contributed by atoms with Crippen LogP contribution in [0.4, 0.5) is 4.79 Å². The molecular formula is C20H21BrN2O6. The quantitative estimate of drug-likeness (QED) is 0.535. The molecule has 0 bridgehead atoms. The minimum atomic E-state index is -0.780. The van der Waals surface area contributed by atoms with Gasteiger partial charge in [0.15, 0.2) is 10.4 Å². The number of nitrogens with zero attached hydrogens (tertiary/aromatic N) is 1. The molecule has 0 saturated carbocycles. The first kappa shape index (κ1) is 20.9. The summed E-state index contributed by atoms with van der Waals surface area (Å²) in [6.45, 7) is 2.98. The van der Waals surface area contributed by atoms with Crippen molar-refractivity contribution in [1.29, 1.82) is 0 Å². The number of hydrogen-bond donors (Lipinski definition) is 1. The van der Waals surface area contributed by atoms with Gasteiger partial charge < -0.3 is 24.1 Å². The number of rotatable bonds is 5. The molecule has 9 heteroatoms. The van der Waals surface area contributed by atoms with E-state index in [-0.39, 0.29) is 30.2 Å². The summed E-state index contributed by atoms with van der Waals surface area (Å²) in [5.41, 5.74) is 0.504. The van der Waals surface area contributed by atoms with Crippen molar-refractivity contribution in [2.45, 2.75) is 25.8 Å². The Labute approximate surface area is 176 Å². The van der Waals surface area contributed by atoms with E-state index in [9.17, 15) is 14.4 Å². The van der Waals surface area contributed by atoms with Gasteiger partial charge in [0.1, 0.15) is 5.75 Å². The third-order valence-electron chi connectivity index (χ3n) is 4.48. The van der Waals surface area contributed by atoms with Gasteiger partial charge in [0.05, 0.1) is 6.61 Å². The maximum atomic E-state index is 12.7. The first-order valence-electron chi connectivity index (χ1n) is 9.26. The van der Waals surface area contributed by atoms with E-state index >= 15 is 0 Å². The predicted molar refractivity (Wildman–Crippen MR) is 107 cm³/mol. The molecular weight excluding hydrogens is 444 g/mol. The molecule has 1 saturated heterocycles. The van der Waals surface area contributed by atoms with Gasteiger partial charge in [0.2, 0.25) is 0 Å².